The van der Waals surface area contributed by atoms with E-state index in [1.165, 1.54) is 12.4 Å². The summed E-state index contributed by atoms with van der Waals surface area (Å²) < 4.78 is 5.49. The maximum Gasteiger partial charge on any atom is 0.322 e. The number of ether oxygens (including phenoxy) is 1. The number of amides is 1. The number of rotatable bonds is 4. The smallest absolute Gasteiger partial charge is 0.322 e. The van der Waals surface area contributed by atoms with Crippen LogP contribution >= 0.6 is 23.2 Å². The number of nitrogens with one attached hydrogen (secondary N) is 2. The Morgan fingerprint density at radius 3 is 2.68 bits per heavy atom. The van der Waals surface area contributed by atoms with Gasteiger partial charge in [0.15, 0.2) is 0 Å². The second kappa shape index (κ2) is 6.37. The van der Waals surface area contributed by atoms with Crippen LogP contribution in [0.4, 0.5) is 5.69 Å². The highest BCUT2D eigenvalue weighted by Crippen LogP contribution is 2.31. The molecule has 1 aliphatic rings. The third kappa shape index (κ3) is 3.40. The predicted octanol–water partition coefficient (Wildman–Crippen LogP) is 2.88. The van der Waals surface area contributed by atoms with E-state index in [-0.39, 0.29) is 18.0 Å². The summed E-state index contributed by atoms with van der Waals surface area (Å²) in [6.45, 7) is 0.680. The van der Waals surface area contributed by atoms with Crippen molar-refractivity contribution >= 4 is 34.8 Å². The molecule has 1 atom stereocenters. The van der Waals surface area contributed by atoms with E-state index in [1.807, 2.05) is 0 Å². The van der Waals surface area contributed by atoms with Gasteiger partial charge in [-0.1, -0.05) is 23.2 Å². The van der Waals surface area contributed by atoms with Crippen molar-refractivity contribution in [2.75, 3.05) is 11.9 Å². The highest BCUT2D eigenvalue weighted by Gasteiger charge is 2.23. The van der Waals surface area contributed by atoms with E-state index in [9.17, 15) is 4.79 Å². The van der Waals surface area contributed by atoms with Gasteiger partial charge in [-0.05, 0) is 24.6 Å². The maximum absolute atomic E-state index is 11.5. The molecule has 2 N–H and O–H groups in total. The van der Waals surface area contributed by atoms with Crippen LogP contribution in [0.25, 0.3) is 0 Å². The minimum atomic E-state index is -0.234. The average molecular weight is 339 g/mol. The normalized spacial score (nSPS) is 17.2. The molecule has 0 bridgehead atoms. The number of hydrogen-bond donors (Lipinski definition) is 2. The molecule has 6 nitrogen and oxygen atoms in total. The quantitative estimate of drug-likeness (QED) is 0.896. The number of carbonyl (C=O) groups excluding carboxylic acids is 1. The lowest BCUT2D eigenvalue weighted by atomic mass is 10.2. The Morgan fingerprint density at radius 1 is 1.27 bits per heavy atom. The SMILES string of the molecule is O=C1NCCC1Nc1ccc(Oc2ncc(Cl)cn2)c(Cl)c1. The molecule has 1 aliphatic heterocycles. The van der Waals surface area contributed by atoms with E-state index in [1.54, 1.807) is 18.2 Å². The average Bonchev–Trinajstić information content (AvgIpc) is 2.89. The highest BCUT2D eigenvalue weighted by molar-refractivity contribution is 6.32. The molecule has 1 amide bonds. The summed E-state index contributed by atoms with van der Waals surface area (Å²) in [6.07, 6.45) is 3.62. The van der Waals surface area contributed by atoms with Gasteiger partial charge in [-0.3, -0.25) is 4.79 Å². The number of hydrogen-bond acceptors (Lipinski definition) is 5. The molecule has 1 aromatic heterocycles. The minimum absolute atomic E-state index is 0.00832. The summed E-state index contributed by atoms with van der Waals surface area (Å²) in [5.74, 6) is 0.413. The van der Waals surface area contributed by atoms with Gasteiger partial charge in [-0.25, -0.2) is 9.97 Å². The fourth-order valence-electron chi connectivity index (χ4n) is 2.06. The monoisotopic (exact) mass is 338 g/mol. The van der Waals surface area contributed by atoms with Gasteiger partial charge < -0.3 is 15.4 Å². The van der Waals surface area contributed by atoms with E-state index in [4.69, 9.17) is 27.9 Å². The van der Waals surface area contributed by atoms with Crippen molar-refractivity contribution in [2.45, 2.75) is 12.5 Å². The lowest BCUT2D eigenvalue weighted by molar-refractivity contribution is -0.119. The number of benzene rings is 1. The van der Waals surface area contributed by atoms with Crippen LogP contribution in [0.2, 0.25) is 10.0 Å². The molecule has 22 heavy (non-hydrogen) atoms. The highest BCUT2D eigenvalue weighted by atomic mass is 35.5. The van der Waals surface area contributed by atoms with Crippen molar-refractivity contribution in [1.29, 1.82) is 0 Å². The first-order valence-corrected chi connectivity index (χ1v) is 7.36. The Hall–Kier alpha value is -2.05. The fourth-order valence-corrected chi connectivity index (χ4v) is 2.37. The van der Waals surface area contributed by atoms with Crippen molar-refractivity contribution in [1.82, 2.24) is 15.3 Å². The van der Waals surface area contributed by atoms with Crippen LogP contribution in [-0.2, 0) is 4.79 Å². The van der Waals surface area contributed by atoms with Gasteiger partial charge in [0.1, 0.15) is 11.8 Å². The third-order valence-corrected chi connectivity index (χ3v) is 3.61. The van der Waals surface area contributed by atoms with E-state index >= 15 is 0 Å². The second-order valence-corrected chi connectivity index (χ2v) is 5.55. The van der Waals surface area contributed by atoms with Crippen LogP contribution < -0.4 is 15.4 Å². The van der Waals surface area contributed by atoms with E-state index in [0.29, 0.717) is 22.3 Å². The molecule has 0 saturated carbocycles. The maximum atomic E-state index is 11.5. The summed E-state index contributed by atoms with van der Waals surface area (Å²) in [5.41, 5.74) is 0.747. The summed E-state index contributed by atoms with van der Waals surface area (Å²) in [7, 11) is 0. The molecule has 1 aromatic carbocycles. The van der Waals surface area contributed by atoms with E-state index in [0.717, 1.165) is 12.1 Å². The van der Waals surface area contributed by atoms with Crippen LogP contribution in [0.1, 0.15) is 6.42 Å². The van der Waals surface area contributed by atoms with Crippen molar-refractivity contribution in [3.63, 3.8) is 0 Å². The molecule has 1 unspecified atom stereocenters. The van der Waals surface area contributed by atoms with Crippen LogP contribution in [0.5, 0.6) is 11.8 Å². The Balaban J connectivity index is 1.71. The van der Waals surface area contributed by atoms with Crippen LogP contribution in [-0.4, -0.2) is 28.5 Å². The molecule has 2 heterocycles. The topological polar surface area (TPSA) is 76.1 Å². The zero-order valence-corrected chi connectivity index (χ0v) is 12.9. The standard InChI is InChI=1S/C14H12Cl2N4O2/c15-8-6-18-14(19-7-8)22-12-2-1-9(5-10(12)16)20-11-3-4-17-13(11)21/h1-2,5-7,11,20H,3-4H2,(H,17,21). The first kappa shape index (κ1) is 14.9. The number of carbonyl (C=O) groups is 1. The zero-order valence-electron chi connectivity index (χ0n) is 11.3. The summed E-state index contributed by atoms with van der Waals surface area (Å²) >= 11 is 11.9. The van der Waals surface area contributed by atoms with Gasteiger partial charge >= 0.3 is 6.01 Å². The van der Waals surface area contributed by atoms with Crippen molar-refractivity contribution < 1.29 is 9.53 Å². The van der Waals surface area contributed by atoms with Crippen LogP contribution in [0.15, 0.2) is 30.6 Å². The molecule has 8 heteroatoms. The van der Waals surface area contributed by atoms with Gasteiger partial charge in [-0.15, -0.1) is 0 Å². The largest absolute Gasteiger partial charge is 0.423 e. The van der Waals surface area contributed by atoms with Gasteiger partial charge in [0.25, 0.3) is 0 Å². The Kier molecular flexibility index (Phi) is 4.31. The molecule has 1 saturated heterocycles. The first-order valence-electron chi connectivity index (χ1n) is 6.61. The van der Waals surface area contributed by atoms with E-state index in [2.05, 4.69) is 20.6 Å². The molecular weight excluding hydrogens is 327 g/mol. The molecule has 0 radical (unpaired) electrons. The summed E-state index contributed by atoms with van der Waals surface area (Å²) in [5, 5.41) is 6.71. The van der Waals surface area contributed by atoms with Crippen LogP contribution in [0, 0.1) is 0 Å². The Morgan fingerprint density at radius 2 is 2.05 bits per heavy atom. The van der Waals surface area contributed by atoms with Gasteiger partial charge in [0, 0.05) is 12.2 Å². The van der Waals surface area contributed by atoms with E-state index < -0.39 is 0 Å². The zero-order chi connectivity index (χ0) is 15.5. The number of anilines is 1. The molecule has 0 aliphatic carbocycles. The molecule has 114 valence electrons. The minimum Gasteiger partial charge on any atom is -0.423 e. The Labute approximate surface area is 136 Å². The van der Waals surface area contributed by atoms with Crippen LogP contribution in [0.3, 0.4) is 0 Å². The first-order chi connectivity index (χ1) is 10.6. The van der Waals surface area contributed by atoms with Gasteiger partial charge in [0.05, 0.1) is 22.4 Å². The molecular formula is C14H12Cl2N4O2. The van der Waals surface area contributed by atoms with Gasteiger partial charge in [-0.2, -0.15) is 0 Å². The third-order valence-electron chi connectivity index (χ3n) is 3.12. The molecule has 2 aromatic rings. The summed E-state index contributed by atoms with van der Waals surface area (Å²) in [4.78, 5) is 19.4. The van der Waals surface area contributed by atoms with Crippen molar-refractivity contribution in [3.05, 3.63) is 40.6 Å². The Bertz CT molecular complexity index is 694. The molecule has 1 fully saturated rings. The summed E-state index contributed by atoms with van der Waals surface area (Å²) in [6, 6.07) is 5.08. The lowest BCUT2D eigenvalue weighted by Crippen LogP contribution is -2.29. The lowest BCUT2D eigenvalue weighted by Gasteiger charge is -2.13. The number of nitrogens with zero attached hydrogens (tertiary/aromatic N) is 2. The fraction of sp³-hybridized carbons (Fsp3) is 0.214. The number of halogens is 2. The van der Waals surface area contributed by atoms with Crippen molar-refractivity contribution in [2.24, 2.45) is 0 Å². The van der Waals surface area contributed by atoms with Crippen molar-refractivity contribution in [3.8, 4) is 11.8 Å². The molecule has 0 spiro atoms. The molecule has 3 rings (SSSR count). The van der Waals surface area contributed by atoms with Gasteiger partial charge in [0.2, 0.25) is 5.91 Å². The second-order valence-electron chi connectivity index (χ2n) is 4.71. The predicted molar refractivity (Wildman–Crippen MR) is 83.6 cm³/mol. The number of aromatic nitrogens is 2.